The van der Waals surface area contributed by atoms with Crippen molar-refractivity contribution in [2.75, 3.05) is 6.61 Å². The van der Waals surface area contributed by atoms with Gasteiger partial charge in [0.05, 0.1) is 13.2 Å². The minimum absolute atomic E-state index is 0.730. The first-order chi connectivity index (χ1) is 11.8. The van der Waals surface area contributed by atoms with E-state index in [1.54, 1.807) is 0 Å². The normalized spacial score (nSPS) is 21.8. The van der Waals surface area contributed by atoms with Crippen LogP contribution in [0.5, 0.6) is 0 Å². The van der Waals surface area contributed by atoms with Crippen LogP contribution in [0.2, 0.25) is 0 Å². The second-order valence-corrected chi connectivity index (χ2v) is 6.98. The molecule has 0 bridgehead atoms. The molecule has 0 radical (unpaired) electrons. The number of benzene rings is 1. The molecular formula is C23H34O. The summed E-state index contributed by atoms with van der Waals surface area (Å²) >= 11 is 0. The smallest absolute Gasteiger partial charge is 0.0717 e. The van der Waals surface area contributed by atoms with E-state index in [4.69, 9.17) is 4.74 Å². The van der Waals surface area contributed by atoms with Crippen molar-refractivity contribution in [1.29, 1.82) is 0 Å². The van der Waals surface area contributed by atoms with E-state index in [1.807, 2.05) is 6.92 Å². The maximum Gasteiger partial charge on any atom is 0.0717 e. The van der Waals surface area contributed by atoms with Crippen LogP contribution in [0.15, 0.2) is 48.6 Å². The van der Waals surface area contributed by atoms with E-state index in [-0.39, 0.29) is 0 Å². The molecule has 0 aliphatic heterocycles. The minimum atomic E-state index is 0.730. The van der Waals surface area contributed by atoms with E-state index in [0.717, 1.165) is 31.5 Å². The molecule has 0 amide bonds. The molecule has 0 atom stereocenters. The summed E-state index contributed by atoms with van der Waals surface area (Å²) in [5, 5.41) is 0. The molecule has 2 rings (SSSR count). The maximum atomic E-state index is 5.71. The second-order valence-electron chi connectivity index (χ2n) is 6.98. The number of hydrogen-bond donors (Lipinski definition) is 0. The summed E-state index contributed by atoms with van der Waals surface area (Å²) in [6.45, 7) is 5.80. The molecule has 1 nitrogen and oxygen atoms in total. The molecule has 0 aromatic heterocycles. The molecule has 1 heteroatoms. The fourth-order valence-electron chi connectivity index (χ4n) is 3.58. The summed E-state index contributed by atoms with van der Waals surface area (Å²) < 4.78 is 5.71. The van der Waals surface area contributed by atoms with Crippen molar-refractivity contribution in [3.63, 3.8) is 0 Å². The Labute approximate surface area is 148 Å². The Morgan fingerprint density at radius 3 is 2.42 bits per heavy atom. The van der Waals surface area contributed by atoms with Gasteiger partial charge >= 0.3 is 0 Å². The van der Waals surface area contributed by atoms with Gasteiger partial charge in [0.15, 0.2) is 0 Å². The minimum Gasteiger partial charge on any atom is -0.376 e. The van der Waals surface area contributed by atoms with Crippen LogP contribution in [0.3, 0.4) is 0 Å². The van der Waals surface area contributed by atoms with Crippen LogP contribution < -0.4 is 0 Å². The summed E-state index contributed by atoms with van der Waals surface area (Å²) in [6, 6.07) is 9.15. The monoisotopic (exact) mass is 326 g/mol. The molecule has 1 aliphatic carbocycles. The summed E-state index contributed by atoms with van der Waals surface area (Å²) in [4.78, 5) is 0. The van der Waals surface area contributed by atoms with Crippen LogP contribution in [0.1, 0.15) is 75.8 Å². The van der Waals surface area contributed by atoms with E-state index in [9.17, 15) is 0 Å². The van der Waals surface area contributed by atoms with Crippen molar-refractivity contribution in [2.45, 2.75) is 71.3 Å². The lowest BCUT2D eigenvalue weighted by Gasteiger charge is -2.28. The Bertz CT molecular complexity index is 489. The standard InChI is InChI=1S/C23H34O/c1-3-5-7-9-20-10-14-22(15-11-20)23-16-12-21(13-17-23)19-24-18-8-6-4-2/h4-7,12-13,16-17,20,22H,3,8-11,14-15,18-19H2,1-2H3/b6-4+,7-5+. The summed E-state index contributed by atoms with van der Waals surface area (Å²) in [7, 11) is 0. The fraction of sp³-hybridized carbons (Fsp3) is 0.565. The van der Waals surface area contributed by atoms with Crippen molar-refractivity contribution in [3.8, 4) is 0 Å². The van der Waals surface area contributed by atoms with Crippen LogP contribution in [-0.2, 0) is 11.3 Å². The SMILES string of the molecule is C/C=C/CCOCc1ccc(C2CCC(C/C=C/CC)CC2)cc1. The van der Waals surface area contributed by atoms with Gasteiger partial charge in [-0.15, -0.1) is 0 Å². The highest BCUT2D eigenvalue weighted by Gasteiger charge is 2.21. The molecular weight excluding hydrogens is 292 g/mol. The first-order valence-electron chi connectivity index (χ1n) is 9.76. The average molecular weight is 327 g/mol. The quantitative estimate of drug-likeness (QED) is 0.358. The van der Waals surface area contributed by atoms with Crippen molar-refractivity contribution >= 4 is 0 Å². The molecule has 1 aliphatic rings. The molecule has 1 fully saturated rings. The maximum absolute atomic E-state index is 5.71. The van der Waals surface area contributed by atoms with E-state index in [0.29, 0.717) is 0 Å². The van der Waals surface area contributed by atoms with Crippen molar-refractivity contribution in [2.24, 2.45) is 5.92 Å². The van der Waals surface area contributed by atoms with Crippen molar-refractivity contribution in [3.05, 3.63) is 59.7 Å². The Morgan fingerprint density at radius 2 is 1.75 bits per heavy atom. The Morgan fingerprint density at radius 1 is 1.00 bits per heavy atom. The number of hydrogen-bond acceptors (Lipinski definition) is 1. The van der Waals surface area contributed by atoms with Gasteiger partial charge in [-0.05, 0) is 74.8 Å². The van der Waals surface area contributed by atoms with Gasteiger partial charge in [0, 0.05) is 0 Å². The third kappa shape index (κ3) is 6.65. The van der Waals surface area contributed by atoms with Gasteiger partial charge in [-0.25, -0.2) is 0 Å². The zero-order valence-electron chi connectivity index (χ0n) is 15.5. The average Bonchev–Trinajstić information content (AvgIpc) is 2.63. The van der Waals surface area contributed by atoms with Gasteiger partial charge < -0.3 is 4.74 Å². The second kappa shape index (κ2) is 11.3. The molecule has 0 N–H and O–H groups in total. The van der Waals surface area contributed by atoms with E-state index in [2.05, 4.69) is 55.5 Å². The Hall–Kier alpha value is -1.34. The van der Waals surface area contributed by atoms with Crippen LogP contribution >= 0.6 is 0 Å². The summed E-state index contributed by atoms with van der Waals surface area (Å²) in [5.74, 6) is 1.68. The molecule has 0 saturated heterocycles. The van der Waals surface area contributed by atoms with Gasteiger partial charge in [0.1, 0.15) is 0 Å². The number of ether oxygens (including phenoxy) is 1. The molecule has 132 valence electrons. The zero-order chi connectivity index (χ0) is 17.0. The predicted octanol–water partition coefficient (Wildman–Crippen LogP) is 6.80. The summed E-state index contributed by atoms with van der Waals surface area (Å²) in [6.07, 6.45) is 17.8. The van der Waals surface area contributed by atoms with Crippen LogP contribution in [0.25, 0.3) is 0 Å². The Balaban J connectivity index is 1.72. The molecule has 1 aromatic rings. The molecule has 1 aromatic carbocycles. The molecule has 0 heterocycles. The van der Waals surface area contributed by atoms with E-state index in [1.165, 1.54) is 49.7 Å². The van der Waals surface area contributed by atoms with Crippen molar-refractivity contribution in [1.82, 2.24) is 0 Å². The molecule has 0 unspecified atom stereocenters. The topological polar surface area (TPSA) is 9.23 Å². The third-order valence-electron chi connectivity index (χ3n) is 5.10. The zero-order valence-corrected chi connectivity index (χ0v) is 15.5. The van der Waals surface area contributed by atoms with Crippen LogP contribution in [0.4, 0.5) is 0 Å². The fourth-order valence-corrected chi connectivity index (χ4v) is 3.58. The predicted molar refractivity (Wildman–Crippen MR) is 104 cm³/mol. The van der Waals surface area contributed by atoms with E-state index >= 15 is 0 Å². The lowest BCUT2D eigenvalue weighted by molar-refractivity contribution is 0.125. The van der Waals surface area contributed by atoms with Gasteiger partial charge in [-0.3, -0.25) is 0 Å². The molecule has 0 spiro atoms. The first-order valence-corrected chi connectivity index (χ1v) is 9.76. The van der Waals surface area contributed by atoms with Gasteiger partial charge in [-0.2, -0.15) is 0 Å². The molecule has 24 heavy (non-hydrogen) atoms. The Kier molecular flexibility index (Phi) is 8.91. The van der Waals surface area contributed by atoms with Gasteiger partial charge in [0.25, 0.3) is 0 Å². The highest BCUT2D eigenvalue weighted by Crippen LogP contribution is 2.37. The van der Waals surface area contributed by atoms with E-state index < -0.39 is 0 Å². The number of rotatable bonds is 9. The lowest BCUT2D eigenvalue weighted by atomic mass is 9.77. The van der Waals surface area contributed by atoms with Gasteiger partial charge in [0.2, 0.25) is 0 Å². The highest BCUT2D eigenvalue weighted by molar-refractivity contribution is 5.25. The lowest BCUT2D eigenvalue weighted by Crippen LogP contribution is -2.12. The molecule has 1 saturated carbocycles. The van der Waals surface area contributed by atoms with Crippen LogP contribution in [0, 0.1) is 5.92 Å². The van der Waals surface area contributed by atoms with Crippen LogP contribution in [-0.4, -0.2) is 6.61 Å². The number of allylic oxidation sites excluding steroid dienone is 3. The van der Waals surface area contributed by atoms with Crippen molar-refractivity contribution < 1.29 is 4.74 Å². The van der Waals surface area contributed by atoms with Gasteiger partial charge in [-0.1, -0.05) is 55.5 Å². The third-order valence-corrected chi connectivity index (χ3v) is 5.10. The largest absolute Gasteiger partial charge is 0.376 e. The summed E-state index contributed by atoms with van der Waals surface area (Å²) in [5.41, 5.74) is 2.81. The highest BCUT2D eigenvalue weighted by atomic mass is 16.5. The first kappa shape index (κ1) is 19.0.